The Hall–Kier alpha value is -1.21. The third-order valence-corrected chi connectivity index (χ3v) is 5.28. The minimum absolute atomic E-state index is 0.132. The molecule has 2 atom stereocenters. The lowest BCUT2D eigenvalue weighted by Gasteiger charge is -2.22. The lowest BCUT2D eigenvalue weighted by molar-refractivity contribution is 0.201. The van der Waals surface area contributed by atoms with E-state index in [1.165, 1.54) is 25.0 Å². The van der Waals surface area contributed by atoms with Gasteiger partial charge in [0.25, 0.3) is 0 Å². The first-order valence-corrected chi connectivity index (χ1v) is 11.5. The summed E-state index contributed by atoms with van der Waals surface area (Å²) in [6, 6.07) is 2.89. The third-order valence-electron chi connectivity index (χ3n) is 5.28. The largest absolute Gasteiger partial charge is 0.492 e. The molecule has 1 aromatic carbocycles. The van der Waals surface area contributed by atoms with Gasteiger partial charge in [-0.15, -0.1) is 0 Å². The summed E-state index contributed by atoms with van der Waals surface area (Å²) in [5.74, 6) is 0.470. The molecule has 0 radical (unpaired) electrons. The lowest BCUT2D eigenvalue weighted by atomic mass is 9.73. The Morgan fingerprint density at radius 1 is 0.667 bits per heavy atom. The highest BCUT2D eigenvalue weighted by atomic mass is 16.5. The number of rotatable bonds is 16. The fourth-order valence-corrected chi connectivity index (χ4v) is 3.47. The van der Waals surface area contributed by atoms with Crippen molar-refractivity contribution in [2.45, 2.75) is 104 Å². The molecule has 2 unspecified atom stereocenters. The van der Waals surface area contributed by atoms with Crippen LogP contribution in [0.4, 0.5) is 0 Å². The van der Waals surface area contributed by atoms with Crippen molar-refractivity contribution in [3.63, 3.8) is 0 Å². The summed E-state index contributed by atoms with van der Waals surface area (Å²) in [6.07, 6.45) is 10.4. The van der Waals surface area contributed by atoms with Gasteiger partial charge in [0.15, 0.2) is 0 Å². The zero-order chi connectivity index (χ0) is 22.5. The summed E-state index contributed by atoms with van der Waals surface area (Å²) in [6.45, 7) is 8.17. The molecule has 0 saturated heterocycles. The Morgan fingerprint density at radius 2 is 1.03 bits per heavy atom. The maximum atomic E-state index is 9.85. The molecule has 6 nitrogen and oxygen atoms in total. The van der Waals surface area contributed by atoms with Gasteiger partial charge in [-0.2, -0.15) is 0 Å². The van der Waals surface area contributed by atoms with Crippen LogP contribution in [0.25, 0.3) is 0 Å². The van der Waals surface area contributed by atoms with Crippen LogP contribution in [-0.2, 0) is 0 Å². The van der Waals surface area contributed by atoms with Gasteiger partial charge in [0.2, 0.25) is 0 Å². The molecule has 0 aliphatic heterocycles. The summed E-state index contributed by atoms with van der Waals surface area (Å²) < 4.78 is 11.9. The fraction of sp³-hybridized carbons (Fsp3) is 0.727. The van der Waals surface area contributed by atoms with Crippen LogP contribution in [0, 0.1) is 0 Å². The van der Waals surface area contributed by atoms with Crippen molar-refractivity contribution < 1.29 is 29.6 Å². The van der Waals surface area contributed by atoms with Crippen molar-refractivity contribution in [3.8, 4) is 11.5 Å². The second-order valence-corrected chi connectivity index (χ2v) is 8.23. The molecular weight excluding hydrogens is 382 g/mol. The molecule has 0 aliphatic rings. The van der Waals surface area contributed by atoms with E-state index in [4.69, 9.17) is 9.47 Å². The second-order valence-electron chi connectivity index (χ2n) is 8.23. The van der Waals surface area contributed by atoms with Crippen molar-refractivity contribution in [1.29, 1.82) is 0 Å². The molecule has 0 bridgehead atoms. The van der Waals surface area contributed by atoms with Crippen molar-refractivity contribution in [2.75, 3.05) is 0 Å². The molecule has 1 aromatic rings. The quantitative estimate of drug-likeness (QED) is 0.242. The van der Waals surface area contributed by atoms with Gasteiger partial charge in [0.1, 0.15) is 11.5 Å². The molecule has 30 heavy (non-hydrogen) atoms. The second kappa shape index (κ2) is 14.7. The van der Waals surface area contributed by atoms with Gasteiger partial charge in [-0.05, 0) is 51.7 Å². The summed E-state index contributed by atoms with van der Waals surface area (Å²) in [7, 11) is -3.50. The highest BCUT2D eigenvalue weighted by molar-refractivity contribution is 6.62. The Morgan fingerprint density at radius 3 is 1.33 bits per heavy atom. The normalized spacial score (nSPS) is 13.1. The molecule has 4 N–H and O–H groups in total. The number of hydrogen-bond acceptors (Lipinski definition) is 6. The van der Waals surface area contributed by atoms with Gasteiger partial charge in [0.05, 0.1) is 12.2 Å². The first-order valence-electron chi connectivity index (χ1n) is 11.5. The van der Waals surface area contributed by atoms with E-state index >= 15 is 0 Å². The number of unbranched alkanes of at least 4 members (excludes halogenated alkanes) is 6. The Balaban J connectivity index is 2.94. The monoisotopic (exact) mass is 422 g/mol. The van der Waals surface area contributed by atoms with Crippen molar-refractivity contribution in [2.24, 2.45) is 0 Å². The first kappa shape index (κ1) is 26.8. The van der Waals surface area contributed by atoms with E-state index in [0.717, 1.165) is 51.4 Å². The van der Waals surface area contributed by atoms with Crippen LogP contribution in [0.5, 0.6) is 11.5 Å². The van der Waals surface area contributed by atoms with Gasteiger partial charge < -0.3 is 29.6 Å². The van der Waals surface area contributed by atoms with Gasteiger partial charge in [-0.25, -0.2) is 0 Å². The maximum absolute atomic E-state index is 9.85. The van der Waals surface area contributed by atoms with Crippen molar-refractivity contribution in [1.82, 2.24) is 0 Å². The van der Waals surface area contributed by atoms with Crippen molar-refractivity contribution >= 4 is 25.2 Å². The van der Waals surface area contributed by atoms with Crippen LogP contribution in [0.15, 0.2) is 12.1 Å². The third kappa shape index (κ3) is 9.73. The van der Waals surface area contributed by atoms with Gasteiger partial charge in [-0.1, -0.05) is 52.4 Å². The summed E-state index contributed by atoms with van der Waals surface area (Å²) in [4.78, 5) is 0. The van der Waals surface area contributed by atoms with E-state index in [0.29, 0.717) is 0 Å². The molecular formula is C22H40B2O6. The molecule has 0 fully saturated rings. The molecule has 0 aromatic heterocycles. The summed E-state index contributed by atoms with van der Waals surface area (Å²) in [5.41, 5.74) is 0.320. The van der Waals surface area contributed by atoms with Gasteiger partial charge >= 0.3 is 14.2 Å². The smallest absolute Gasteiger partial charge is 0.491 e. The average molecular weight is 422 g/mol. The average Bonchev–Trinajstić information content (AvgIpc) is 2.69. The van der Waals surface area contributed by atoms with Crippen LogP contribution < -0.4 is 20.4 Å². The number of benzene rings is 1. The van der Waals surface area contributed by atoms with Crippen LogP contribution >= 0.6 is 0 Å². The molecule has 0 heterocycles. The topological polar surface area (TPSA) is 99.4 Å². The summed E-state index contributed by atoms with van der Waals surface area (Å²) >= 11 is 0. The minimum atomic E-state index is -1.75. The van der Waals surface area contributed by atoms with E-state index in [1.807, 2.05) is 13.8 Å². The number of ether oxygens (including phenoxy) is 2. The van der Waals surface area contributed by atoms with E-state index in [1.54, 1.807) is 0 Å². The highest BCUT2D eigenvalue weighted by Crippen LogP contribution is 2.20. The maximum Gasteiger partial charge on any atom is 0.492 e. The first-order chi connectivity index (χ1) is 14.3. The zero-order valence-corrected chi connectivity index (χ0v) is 19.1. The minimum Gasteiger partial charge on any atom is -0.491 e. The van der Waals surface area contributed by atoms with Crippen LogP contribution in [0.3, 0.4) is 0 Å². The van der Waals surface area contributed by atoms with Crippen molar-refractivity contribution in [3.05, 3.63) is 12.1 Å². The fourth-order valence-electron chi connectivity index (χ4n) is 3.47. The van der Waals surface area contributed by atoms with E-state index in [9.17, 15) is 20.1 Å². The predicted molar refractivity (Wildman–Crippen MR) is 124 cm³/mol. The van der Waals surface area contributed by atoms with E-state index in [-0.39, 0.29) is 34.6 Å². The molecule has 0 amide bonds. The van der Waals surface area contributed by atoms with Gasteiger partial charge in [0, 0.05) is 10.9 Å². The van der Waals surface area contributed by atoms with E-state index in [2.05, 4.69) is 13.8 Å². The molecule has 8 heteroatoms. The highest BCUT2D eigenvalue weighted by Gasteiger charge is 2.27. The SMILES string of the molecule is CCCCCCC(C)Oc1cc(B(O)O)c(OC(C)CCCCCC)cc1B(O)O. The van der Waals surface area contributed by atoms with Crippen LogP contribution in [-0.4, -0.2) is 46.5 Å². The molecule has 170 valence electrons. The predicted octanol–water partition coefficient (Wildman–Crippen LogP) is 2.52. The van der Waals surface area contributed by atoms with E-state index < -0.39 is 14.2 Å². The molecule has 0 aliphatic carbocycles. The molecule has 0 spiro atoms. The number of hydrogen-bond donors (Lipinski definition) is 4. The van der Waals surface area contributed by atoms with Gasteiger partial charge in [-0.3, -0.25) is 0 Å². The lowest BCUT2D eigenvalue weighted by Crippen LogP contribution is -2.39. The van der Waals surface area contributed by atoms with Crippen LogP contribution in [0.2, 0.25) is 0 Å². The Labute approximate surface area is 182 Å². The van der Waals surface area contributed by atoms with Crippen LogP contribution in [0.1, 0.15) is 91.9 Å². The Bertz CT molecular complexity index is 545. The molecule has 0 saturated carbocycles. The Kier molecular flexibility index (Phi) is 13.2. The zero-order valence-electron chi connectivity index (χ0n) is 19.1. The standard InChI is InChI=1S/C22H40B2O6/c1-5-7-9-11-13-17(3)29-21-15-20(24(27)28)22(16-19(21)23(25)26)30-18(4)14-12-10-8-6-2/h15-18,25-28H,5-14H2,1-4H3. The molecule has 1 rings (SSSR count). The summed E-state index contributed by atoms with van der Waals surface area (Å²) in [5, 5.41) is 39.4.